The highest BCUT2D eigenvalue weighted by atomic mass is 19.1. The lowest BCUT2D eigenvalue weighted by Gasteiger charge is -2.30. The number of carbonyl (C=O) groups is 3. The van der Waals surface area contributed by atoms with Crippen LogP contribution >= 0.6 is 0 Å². The van der Waals surface area contributed by atoms with Crippen LogP contribution in [0.15, 0.2) is 54.9 Å². The van der Waals surface area contributed by atoms with Crippen molar-refractivity contribution < 1.29 is 18.8 Å². The van der Waals surface area contributed by atoms with E-state index in [1.54, 1.807) is 25.5 Å². The van der Waals surface area contributed by atoms with Crippen molar-refractivity contribution in [2.75, 3.05) is 7.05 Å². The molecule has 2 fully saturated rings. The summed E-state index contributed by atoms with van der Waals surface area (Å²) >= 11 is 0. The normalized spacial score (nSPS) is 20.7. The van der Waals surface area contributed by atoms with Crippen LogP contribution in [0.2, 0.25) is 0 Å². The Morgan fingerprint density at radius 3 is 2.57 bits per heavy atom. The monoisotopic (exact) mass is 474 g/mol. The van der Waals surface area contributed by atoms with Gasteiger partial charge in [-0.2, -0.15) is 0 Å². The molecule has 1 aromatic heterocycles. The second kappa shape index (κ2) is 9.17. The first kappa shape index (κ1) is 23.1. The molecule has 0 spiro atoms. The molecule has 7 nitrogen and oxygen atoms in total. The molecule has 1 saturated heterocycles. The van der Waals surface area contributed by atoms with E-state index in [2.05, 4.69) is 9.97 Å². The summed E-state index contributed by atoms with van der Waals surface area (Å²) in [4.78, 5) is 51.8. The standard InChI is InChI=1S/C27H27FN4O3/c1-31(17-18-9-10-22-23(13-18)30-12-11-29-22)24(33)15-27(19-5-4-6-20(28)14-19)16-25(34)32(26(27)35)21-7-2-3-8-21/h4-6,9-14,21H,2-3,7-8,15-17H2,1H3/t27-/m1/s1. The third-order valence-corrected chi connectivity index (χ3v) is 7.25. The zero-order chi connectivity index (χ0) is 24.6. The van der Waals surface area contributed by atoms with Crippen LogP contribution in [0.5, 0.6) is 0 Å². The van der Waals surface area contributed by atoms with E-state index in [0.29, 0.717) is 12.1 Å². The first-order valence-corrected chi connectivity index (χ1v) is 11.9. The van der Waals surface area contributed by atoms with Crippen molar-refractivity contribution in [2.24, 2.45) is 0 Å². The molecule has 1 aliphatic carbocycles. The average Bonchev–Trinajstić information content (AvgIpc) is 3.45. The van der Waals surface area contributed by atoms with Gasteiger partial charge >= 0.3 is 0 Å². The van der Waals surface area contributed by atoms with E-state index in [-0.39, 0.29) is 36.6 Å². The summed E-state index contributed by atoms with van der Waals surface area (Å²) in [7, 11) is 1.67. The Bertz CT molecular complexity index is 1310. The molecule has 180 valence electrons. The van der Waals surface area contributed by atoms with Gasteiger partial charge in [-0.05, 0) is 48.2 Å². The zero-order valence-electron chi connectivity index (χ0n) is 19.6. The van der Waals surface area contributed by atoms with E-state index in [1.807, 2.05) is 18.2 Å². The molecule has 0 bridgehead atoms. The summed E-state index contributed by atoms with van der Waals surface area (Å²) in [5, 5.41) is 0. The molecule has 1 aliphatic heterocycles. The summed E-state index contributed by atoms with van der Waals surface area (Å²) in [5.74, 6) is -1.46. The number of nitrogens with zero attached hydrogens (tertiary/aromatic N) is 4. The molecular weight excluding hydrogens is 447 g/mol. The van der Waals surface area contributed by atoms with Gasteiger partial charge in [0.05, 0.1) is 16.4 Å². The van der Waals surface area contributed by atoms with Gasteiger partial charge in [0.2, 0.25) is 17.7 Å². The van der Waals surface area contributed by atoms with Crippen molar-refractivity contribution in [3.8, 4) is 0 Å². The topological polar surface area (TPSA) is 83.5 Å². The zero-order valence-corrected chi connectivity index (χ0v) is 19.6. The van der Waals surface area contributed by atoms with Gasteiger partial charge < -0.3 is 4.90 Å². The summed E-state index contributed by atoms with van der Waals surface area (Å²) < 4.78 is 14.2. The van der Waals surface area contributed by atoms with Crippen LogP contribution in [-0.4, -0.2) is 50.6 Å². The van der Waals surface area contributed by atoms with Gasteiger partial charge in [0.25, 0.3) is 0 Å². The minimum Gasteiger partial charge on any atom is -0.341 e. The van der Waals surface area contributed by atoms with E-state index < -0.39 is 11.2 Å². The molecule has 2 aromatic carbocycles. The maximum Gasteiger partial charge on any atom is 0.241 e. The second-order valence-corrected chi connectivity index (χ2v) is 9.58. The van der Waals surface area contributed by atoms with Gasteiger partial charge in [0, 0.05) is 44.9 Å². The summed E-state index contributed by atoms with van der Waals surface area (Å²) in [6, 6.07) is 11.2. The van der Waals surface area contributed by atoms with Crippen molar-refractivity contribution in [3.05, 3.63) is 71.8 Å². The van der Waals surface area contributed by atoms with Gasteiger partial charge in [-0.1, -0.05) is 31.0 Å². The number of hydrogen-bond donors (Lipinski definition) is 0. The second-order valence-electron chi connectivity index (χ2n) is 9.58. The molecule has 0 radical (unpaired) electrons. The van der Waals surface area contributed by atoms with E-state index >= 15 is 0 Å². The minimum absolute atomic E-state index is 0.128. The first-order chi connectivity index (χ1) is 16.9. The first-order valence-electron chi connectivity index (χ1n) is 11.9. The predicted octanol–water partition coefficient (Wildman–Crippen LogP) is 3.76. The quantitative estimate of drug-likeness (QED) is 0.508. The van der Waals surface area contributed by atoms with Gasteiger partial charge in [-0.15, -0.1) is 0 Å². The number of aromatic nitrogens is 2. The van der Waals surface area contributed by atoms with Crippen LogP contribution in [0.25, 0.3) is 11.0 Å². The lowest BCUT2D eigenvalue weighted by molar-refractivity contribution is -0.144. The summed E-state index contributed by atoms with van der Waals surface area (Å²) in [6.07, 6.45) is 6.38. The third-order valence-electron chi connectivity index (χ3n) is 7.25. The molecule has 0 unspecified atom stereocenters. The smallest absolute Gasteiger partial charge is 0.241 e. The molecule has 1 atom stereocenters. The van der Waals surface area contributed by atoms with E-state index in [1.165, 1.54) is 28.0 Å². The van der Waals surface area contributed by atoms with Gasteiger partial charge in [-0.25, -0.2) is 4.39 Å². The molecule has 8 heteroatoms. The lowest BCUT2D eigenvalue weighted by Crippen LogP contribution is -2.45. The largest absolute Gasteiger partial charge is 0.341 e. The predicted molar refractivity (Wildman–Crippen MR) is 127 cm³/mol. The highest BCUT2D eigenvalue weighted by molar-refractivity contribution is 6.11. The van der Waals surface area contributed by atoms with Crippen LogP contribution in [0.1, 0.15) is 49.7 Å². The van der Waals surface area contributed by atoms with Crippen LogP contribution in [0, 0.1) is 5.82 Å². The number of benzene rings is 2. The Hall–Kier alpha value is -3.68. The Labute approximate surface area is 203 Å². The number of imide groups is 1. The number of rotatable bonds is 6. The molecule has 35 heavy (non-hydrogen) atoms. The molecule has 2 heterocycles. The fraction of sp³-hybridized carbons (Fsp3) is 0.370. The molecule has 1 saturated carbocycles. The molecule has 5 rings (SSSR count). The molecule has 3 amide bonds. The molecule has 3 aromatic rings. The maximum atomic E-state index is 14.2. The fourth-order valence-electron chi connectivity index (χ4n) is 5.41. The van der Waals surface area contributed by atoms with Crippen LogP contribution in [0.4, 0.5) is 4.39 Å². The number of amides is 3. The van der Waals surface area contributed by atoms with Gasteiger partial charge in [-0.3, -0.25) is 29.3 Å². The van der Waals surface area contributed by atoms with Crippen LogP contribution in [0.3, 0.4) is 0 Å². The Morgan fingerprint density at radius 1 is 1.09 bits per heavy atom. The average molecular weight is 475 g/mol. The van der Waals surface area contributed by atoms with E-state index in [0.717, 1.165) is 42.3 Å². The highest BCUT2D eigenvalue weighted by Gasteiger charge is 2.55. The Morgan fingerprint density at radius 2 is 1.83 bits per heavy atom. The van der Waals surface area contributed by atoms with E-state index in [4.69, 9.17) is 0 Å². The van der Waals surface area contributed by atoms with Crippen molar-refractivity contribution in [2.45, 2.75) is 56.5 Å². The lowest BCUT2D eigenvalue weighted by atomic mass is 9.75. The van der Waals surface area contributed by atoms with Crippen molar-refractivity contribution in [1.29, 1.82) is 0 Å². The van der Waals surface area contributed by atoms with Crippen molar-refractivity contribution >= 4 is 28.8 Å². The van der Waals surface area contributed by atoms with Crippen molar-refractivity contribution in [3.63, 3.8) is 0 Å². The molecule has 0 N–H and O–H groups in total. The summed E-state index contributed by atoms with van der Waals surface area (Å²) in [5.41, 5.74) is 1.33. The third kappa shape index (κ3) is 4.29. The fourth-order valence-corrected chi connectivity index (χ4v) is 5.41. The number of hydrogen-bond acceptors (Lipinski definition) is 5. The minimum atomic E-state index is -1.40. The van der Waals surface area contributed by atoms with Crippen molar-refractivity contribution in [1.82, 2.24) is 19.8 Å². The van der Waals surface area contributed by atoms with Gasteiger partial charge in [0.1, 0.15) is 5.82 Å². The van der Waals surface area contributed by atoms with Crippen LogP contribution in [-0.2, 0) is 26.3 Å². The summed E-state index contributed by atoms with van der Waals surface area (Å²) in [6.45, 7) is 0.305. The Balaban J connectivity index is 1.42. The number of likely N-dealkylation sites (tertiary alicyclic amines) is 1. The SMILES string of the molecule is CN(Cc1ccc2nccnc2c1)C(=O)C[C@]1(c2cccc(F)c2)CC(=O)N(C2CCCC2)C1=O. The maximum absolute atomic E-state index is 14.2. The highest BCUT2D eigenvalue weighted by Crippen LogP contribution is 2.43. The number of halogens is 1. The number of fused-ring (bicyclic) bond motifs is 1. The van der Waals surface area contributed by atoms with Gasteiger partial charge in [0.15, 0.2) is 0 Å². The molecular formula is C27H27FN4O3. The van der Waals surface area contributed by atoms with E-state index in [9.17, 15) is 18.8 Å². The Kier molecular flexibility index (Phi) is 6.05. The molecule has 2 aliphatic rings. The van der Waals surface area contributed by atoms with Crippen LogP contribution < -0.4 is 0 Å². The number of carbonyl (C=O) groups excluding carboxylic acids is 3.